The Hall–Kier alpha value is -2.24. The summed E-state index contributed by atoms with van der Waals surface area (Å²) < 4.78 is 14.3. The molecule has 2 atom stereocenters. The zero-order valence-electron chi connectivity index (χ0n) is 9.21. The Bertz CT molecular complexity index is 710. The number of fused-ring (bicyclic) bond motifs is 1. The van der Waals surface area contributed by atoms with Crippen LogP contribution in [-0.2, 0) is 0 Å². The van der Waals surface area contributed by atoms with Crippen LogP contribution in [0.15, 0.2) is 29.2 Å². The summed E-state index contributed by atoms with van der Waals surface area (Å²) in [6.45, 7) is 0. The van der Waals surface area contributed by atoms with Crippen LogP contribution >= 0.6 is 0 Å². The Kier molecular flexibility index (Phi) is 2.19. The average Bonchev–Trinajstić information content (AvgIpc) is 3.04. The standard InChI is InChI=1S/C12H9FN2O3/c13-8-5-9(8)15-10-6(2-1-3-14-10)4-7(11(15)16)12(17)18/h1-4,8-9H,5H2,(H,17,18). The molecule has 0 radical (unpaired) electrons. The van der Waals surface area contributed by atoms with Gasteiger partial charge in [-0.1, -0.05) is 0 Å². The van der Waals surface area contributed by atoms with Crippen LogP contribution in [0.4, 0.5) is 4.39 Å². The van der Waals surface area contributed by atoms with Crippen LogP contribution < -0.4 is 5.56 Å². The predicted molar refractivity (Wildman–Crippen MR) is 61.5 cm³/mol. The Labute approximate surface area is 100 Å². The van der Waals surface area contributed by atoms with Crippen molar-refractivity contribution in [3.63, 3.8) is 0 Å². The maximum atomic E-state index is 13.2. The second-order valence-corrected chi connectivity index (χ2v) is 4.27. The lowest BCUT2D eigenvalue weighted by Crippen LogP contribution is -2.27. The van der Waals surface area contributed by atoms with Gasteiger partial charge in [0.1, 0.15) is 17.4 Å². The lowest BCUT2D eigenvalue weighted by molar-refractivity contribution is 0.0694. The molecule has 5 nitrogen and oxygen atoms in total. The quantitative estimate of drug-likeness (QED) is 0.871. The van der Waals surface area contributed by atoms with Crippen LogP contribution in [0.3, 0.4) is 0 Å². The van der Waals surface area contributed by atoms with Crippen molar-refractivity contribution in [1.82, 2.24) is 9.55 Å². The van der Waals surface area contributed by atoms with E-state index < -0.39 is 23.7 Å². The van der Waals surface area contributed by atoms with E-state index in [9.17, 15) is 14.0 Å². The highest BCUT2D eigenvalue weighted by Gasteiger charge is 2.41. The topological polar surface area (TPSA) is 72.2 Å². The molecule has 2 heterocycles. The molecular weight excluding hydrogens is 239 g/mol. The number of aromatic nitrogens is 2. The third-order valence-electron chi connectivity index (χ3n) is 3.04. The molecule has 2 unspecified atom stereocenters. The van der Waals surface area contributed by atoms with E-state index in [1.54, 1.807) is 12.1 Å². The first-order valence-corrected chi connectivity index (χ1v) is 5.47. The molecule has 1 N–H and O–H groups in total. The first kappa shape index (κ1) is 10.9. The minimum Gasteiger partial charge on any atom is -0.477 e. The highest BCUT2D eigenvalue weighted by atomic mass is 19.1. The second-order valence-electron chi connectivity index (χ2n) is 4.27. The van der Waals surface area contributed by atoms with Crippen molar-refractivity contribution >= 4 is 17.0 Å². The maximum absolute atomic E-state index is 13.2. The number of pyridine rings is 2. The van der Waals surface area contributed by atoms with Crippen molar-refractivity contribution in [3.05, 3.63) is 40.3 Å². The minimum absolute atomic E-state index is 0.231. The highest BCUT2D eigenvalue weighted by Crippen LogP contribution is 2.39. The lowest BCUT2D eigenvalue weighted by Gasteiger charge is -2.09. The second kappa shape index (κ2) is 3.63. The van der Waals surface area contributed by atoms with Crippen LogP contribution in [0.25, 0.3) is 11.0 Å². The predicted octanol–water partition coefficient (Wildman–Crippen LogP) is 1.38. The SMILES string of the molecule is O=C(O)c1cc2cccnc2n(C2CC2F)c1=O. The molecule has 1 fully saturated rings. The number of aromatic carboxylic acids is 1. The van der Waals surface area contributed by atoms with Crippen molar-refractivity contribution in [2.24, 2.45) is 0 Å². The molecule has 0 aliphatic heterocycles. The van der Waals surface area contributed by atoms with Gasteiger partial charge in [0.2, 0.25) is 0 Å². The first-order chi connectivity index (χ1) is 8.59. The molecule has 2 aromatic rings. The van der Waals surface area contributed by atoms with E-state index in [1.165, 1.54) is 12.3 Å². The Morgan fingerprint density at radius 3 is 2.89 bits per heavy atom. The van der Waals surface area contributed by atoms with Crippen molar-refractivity contribution in [2.75, 3.05) is 0 Å². The number of halogens is 1. The van der Waals surface area contributed by atoms with Crippen LogP contribution in [0.2, 0.25) is 0 Å². The summed E-state index contributed by atoms with van der Waals surface area (Å²) in [5.74, 6) is -1.31. The number of hydrogen-bond acceptors (Lipinski definition) is 3. The van der Waals surface area contributed by atoms with Gasteiger partial charge in [-0.05, 0) is 18.2 Å². The molecule has 0 aromatic carbocycles. The van der Waals surface area contributed by atoms with Gasteiger partial charge in [0.15, 0.2) is 0 Å². The van der Waals surface area contributed by atoms with Crippen LogP contribution in [0.5, 0.6) is 0 Å². The van der Waals surface area contributed by atoms with Gasteiger partial charge >= 0.3 is 5.97 Å². The van der Waals surface area contributed by atoms with Crippen molar-refractivity contribution in [2.45, 2.75) is 18.6 Å². The fraction of sp³-hybridized carbons (Fsp3) is 0.250. The zero-order valence-corrected chi connectivity index (χ0v) is 9.21. The van der Waals surface area contributed by atoms with E-state index in [0.29, 0.717) is 11.0 Å². The zero-order chi connectivity index (χ0) is 12.9. The number of rotatable bonds is 2. The van der Waals surface area contributed by atoms with Crippen molar-refractivity contribution in [3.8, 4) is 0 Å². The number of carboxylic acid groups (broad SMARTS) is 1. The monoisotopic (exact) mass is 248 g/mol. The fourth-order valence-electron chi connectivity index (χ4n) is 2.05. The molecule has 6 heteroatoms. The van der Waals surface area contributed by atoms with Crippen LogP contribution in [0.1, 0.15) is 22.8 Å². The van der Waals surface area contributed by atoms with Gasteiger partial charge in [0.25, 0.3) is 5.56 Å². The van der Waals surface area contributed by atoms with Crippen molar-refractivity contribution in [1.29, 1.82) is 0 Å². The van der Waals surface area contributed by atoms with Crippen LogP contribution in [0, 0.1) is 0 Å². The molecule has 0 spiro atoms. The Morgan fingerprint density at radius 2 is 2.28 bits per heavy atom. The first-order valence-electron chi connectivity index (χ1n) is 5.47. The average molecular weight is 248 g/mol. The molecule has 0 bridgehead atoms. The molecule has 18 heavy (non-hydrogen) atoms. The van der Waals surface area contributed by atoms with Crippen molar-refractivity contribution < 1.29 is 14.3 Å². The summed E-state index contributed by atoms with van der Waals surface area (Å²) in [6.07, 6.45) is 0.625. The molecule has 0 saturated heterocycles. The molecule has 3 rings (SSSR count). The lowest BCUT2D eigenvalue weighted by atomic mass is 10.2. The molecule has 1 aliphatic carbocycles. The van der Waals surface area contributed by atoms with Crippen LogP contribution in [-0.4, -0.2) is 26.8 Å². The smallest absolute Gasteiger partial charge is 0.341 e. The van der Waals surface area contributed by atoms with E-state index in [1.807, 2.05) is 0 Å². The van der Waals surface area contributed by atoms with Gasteiger partial charge in [0, 0.05) is 18.0 Å². The number of carboxylic acids is 1. The van der Waals surface area contributed by atoms with Gasteiger partial charge in [-0.2, -0.15) is 0 Å². The van der Waals surface area contributed by atoms with E-state index in [2.05, 4.69) is 4.98 Å². The van der Waals surface area contributed by atoms with E-state index >= 15 is 0 Å². The molecule has 1 aliphatic rings. The number of hydrogen-bond donors (Lipinski definition) is 1. The maximum Gasteiger partial charge on any atom is 0.341 e. The number of nitrogens with zero attached hydrogens (tertiary/aromatic N) is 2. The van der Waals surface area contributed by atoms with E-state index in [-0.39, 0.29) is 12.0 Å². The third-order valence-corrected chi connectivity index (χ3v) is 3.04. The Balaban J connectivity index is 2.39. The van der Waals surface area contributed by atoms with Gasteiger partial charge in [0.05, 0.1) is 6.04 Å². The largest absolute Gasteiger partial charge is 0.477 e. The summed E-state index contributed by atoms with van der Waals surface area (Å²) in [6, 6.07) is 3.98. The highest BCUT2D eigenvalue weighted by molar-refractivity contribution is 5.91. The summed E-state index contributed by atoms with van der Waals surface area (Å²) in [5.41, 5.74) is -0.717. The third kappa shape index (κ3) is 1.49. The van der Waals surface area contributed by atoms with E-state index in [0.717, 1.165) is 4.57 Å². The Morgan fingerprint density at radius 1 is 1.56 bits per heavy atom. The van der Waals surface area contributed by atoms with Gasteiger partial charge in [-0.15, -0.1) is 0 Å². The molecule has 0 amide bonds. The normalized spacial score (nSPS) is 22.1. The van der Waals surface area contributed by atoms with E-state index in [4.69, 9.17) is 5.11 Å². The van der Waals surface area contributed by atoms with Gasteiger partial charge in [-0.3, -0.25) is 9.36 Å². The van der Waals surface area contributed by atoms with Gasteiger partial charge in [-0.25, -0.2) is 14.2 Å². The summed E-state index contributed by atoms with van der Waals surface area (Å²) in [4.78, 5) is 27.1. The summed E-state index contributed by atoms with van der Waals surface area (Å²) >= 11 is 0. The summed E-state index contributed by atoms with van der Waals surface area (Å²) in [5, 5.41) is 9.51. The molecule has 2 aromatic heterocycles. The molecular formula is C12H9FN2O3. The fourth-order valence-corrected chi connectivity index (χ4v) is 2.05. The summed E-state index contributed by atoms with van der Waals surface area (Å²) in [7, 11) is 0. The number of carbonyl (C=O) groups is 1. The minimum atomic E-state index is -1.31. The molecule has 92 valence electrons. The number of alkyl halides is 1. The van der Waals surface area contributed by atoms with Gasteiger partial charge < -0.3 is 5.11 Å². The molecule has 1 saturated carbocycles.